The summed E-state index contributed by atoms with van der Waals surface area (Å²) in [6.45, 7) is 0. The lowest BCUT2D eigenvalue weighted by atomic mass is 9.95. The first kappa shape index (κ1) is 13.3. The molecule has 1 aromatic carbocycles. The van der Waals surface area contributed by atoms with E-state index in [-0.39, 0.29) is 4.87 Å². The number of nitrogens with one attached hydrogen (secondary N) is 1. The van der Waals surface area contributed by atoms with E-state index in [9.17, 15) is 0 Å². The van der Waals surface area contributed by atoms with Crippen molar-refractivity contribution in [2.24, 2.45) is 4.99 Å². The van der Waals surface area contributed by atoms with E-state index in [4.69, 9.17) is 16.6 Å². The maximum Gasteiger partial charge on any atom is 0.180 e. The Morgan fingerprint density at radius 3 is 2.58 bits per heavy atom. The molecule has 19 heavy (non-hydrogen) atoms. The molecule has 1 aliphatic carbocycles. The molecule has 2 fully saturated rings. The average molecular weight is 296 g/mol. The quantitative estimate of drug-likeness (QED) is 0.842. The van der Waals surface area contributed by atoms with Crippen LogP contribution in [0.2, 0.25) is 5.02 Å². The normalized spacial score (nSPS) is 24.3. The van der Waals surface area contributed by atoms with E-state index in [2.05, 4.69) is 10.4 Å². The minimum atomic E-state index is 0.179. The zero-order valence-electron chi connectivity index (χ0n) is 11.0. The van der Waals surface area contributed by atoms with Crippen molar-refractivity contribution in [2.75, 3.05) is 7.05 Å². The largest absolute Gasteiger partial charge is 0.288 e. The number of hydrogen-bond acceptors (Lipinski definition) is 3. The van der Waals surface area contributed by atoms with Gasteiger partial charge in [-0.2, -0.15) is 0 Å². The molecule has 0 atom stereocenters. The van der Waals surface area contributed by atoms with Gasteiger partial charge in [0.1, 0.15) is 0 Å². The minimum Gasteiger partial charge on any atom is -0.288 e. The molecule has 1 spiro atoms. The number of aliphatic imine (C=N–C) groups is 1. The molecule has 1 heterocycles. The lowest BCUT2D eigenvalue weighted by molar-refractivity contribution is 0.244. The molecule has 0 aromatic heterocycles. The van der Waals surface area contributed by atoms with Crippen LogP contribution in [-0.2, 0) is 0 Å². The number of halogens is 1. The van der Waals surface area contributed by atoms with Gasteiger partial charge in [0.05, 0.1) is 10.6 Å². The summed E-state index contributed by atoms with van der Waals surface area (Å²) >= 11 is 7.77. The van der Waals surface area contributed by atoms with Crippen molar-refractivity contribution in [1.82, 2.24) is 10.4 Å². The highest BCUT2D eigenvalue weighted by molar-refractivity contribution is 8.15. The second-order valence-corrected chi connectivity index (χ2v) is 6.99. The highest BCUT2D eigenvalue weighted by atomic mass is 35.5. The summed E-state index contributed by atoms with van der Waals surface area (Å²) < 4.78 is 0. The molecule has 3 rings (SSSR count). The smallest absolute Gasteiger partial charge is 0.180 e. The number of amidine groups is 1. The summed E-state index contributed by atoms with van der Waals surface area (Å²) in [7, 11) is 2.05. The van der Waals surface area contributed by atoms with Gasteiger partial charge in [-0.25, -0.2) is 10.4 Å². The first-order chi connectivity index (χ1) is 9.17. The first-order valence-electron chi connectivity index (χ1n) is 6.72. The number of thioether (sulfide) groups is 1. The highest BCUT2D eigenvalue weighted by Gasteiger charge is 2.41. The molecule has 0 unspecified atom stereocenters. The Labute approximate surface area is 123 Å². The van der Waals surface area contributed by atoms with Crippen LogP contribution < -0.4 is 5.43 Å². The Hall–Kier alpha value is -0.710. The summed E-state index contributed by atoms with van der Waals surface area (Å²) in [6, 6.07) is 7.67. The van der Waals surface area contributed by atoms with E-state index < -0.39 is 0 Å². The van der Waals surface area contributed by atoms with Gasteiger partial charge in [-0.1, -0.05) is 42.6 Å². The molecule has 0 radical (unpaired) electrons. The van der Waals surface area contributed by atoms with E-state index >= 15 is 0 Å². The van der Waals surface area contributed by atoms with Crippen molar-refractivity contribution >= 4 is 34.2 Å². The zero-order valence-corrected chi connectivity index (χ0v) is 12.6. The van der Waals surface area contributed by atoms with Crippen LogP contribution in [0.4, 0.5) is 5.69 Å². The molecular weight excluding hydrogens is 278 g/mol. The van der Waals surface area contributed by atoms with Crippen molar-refractivity contribution in [3.63, 3.8) is 0 Å². The Balaban J connectivity index is 1.79. The average Bonchev–Trinajstić information content (AvgIpc) is 2.69. The second-order valence-electron chi connectivity index (χ2n) is 5.20. The summed E-state index contributed by atoms with van der Waals surface area (Å²) in [5, 5.41) is 3.85. The first-order valence-corrected chi connectivity index (χ1v) is 7.91. The van der Waals surface area contributed by atoms with Crippen molar-refractivity contribution in [3.8, 4) is 0 Å². The fourth-order valence-electron chi connectivity index (χ4n) is 2.68. The second kappa shape index (κ2) is 5.35. The number of hydrogen-bond donors (Lipinski definition) is 1. The van der Waals surface area contributed by atoms with Crippen LogP contribution in [0.3, 0.4) is 0 Å². The van der Waals surface area contributed by atoms with Gasteiger partial charge in [0.15, 0.2) is 5.17 Å². The number of benzene rings is 1. The fraction of sp³-hybridized carbons (Fsp3) is 0.500. The Kier molecular flexibility index (Phi) is 3.74. The molecule has 1 N–H and O–H groups in total. The van der Waals surface area contributed by atoms with Gasteiger partial charge in [-0.15, -0.1) is 0 Å². The van der Waals surface area contributed by atoms with Gasteiger partial charge in [0.25, 0.3) is 0 Å². The van der Waals surface area contributed by atoms with Gasteiger partial charge >= 0.3 is 0 Å². The SMILES string of the molecule is CN1NC2(CCCCC2)SC1=Nc1ccc(Cl)cc1. The fourth-order valence-corrected chi connectivity index (χ4v) is 4.16. The maximum absolute atomic E-state index is 5.90. The lowest BCUT2D eigenvalue weighted by Gasteiger charge is -2.31. The van der Waals surface area contributed by atoms with Crippen LogP contribution in [0.5, 0.6) is 0 Å². The summed E-state index contributed by atoms with van der Waals surface area (Å²) in [4.78, 5) is 4.89. The van der Waals surface area contributed by atoms with Gasteiger partial charge < -0.3 is 0 Å². The minimum absolute atomic E-state index is 0.179. The number of rotatable bonds is 1. The molecule has 1 aliphatic heterocycles. The third-order valence-corrected chi connectivity index (χ3v) is 5.35. The molecule has 0 bridgehead atoms. The van der Waals surface area contributed by atoms with Crippen molar-refractivity contribution in [3.05, 3.63) is 29.3 Å². The molecule has 0 amide bonds. The van der Waals surface area contributed by atoms with Crippen molar-refractivity contribution < 1.29 is 0 Å². The van der Waals surface area contributed by atoms with Crippen molar-refractivity contribution in [1.29, 1.82) is 0 Å². The third-order valence-electron chi connectivity index (χ3n) is 3.66. The molecule has 1 saturated carbocycles. The Morgan fingerprint density at radius 2 is 1.89 bits per heavy atom. The van der Waals surface area contributed by atoms with Crippen LogP contribution in [0.15, 0.2) is 29.3 Å². The van der Waals surface area contributed by atoms with E-state index in [1.54, 1.807) is 0 Å². The van der Waals surface area contributed by atoms with E-state index in [0.29, 0.717) is 0 Å². The number of nitrogens with zero attached hydrogens (tertiary/aromatic N) is 2. The highest BCUT2D eigenvalue weighted by Crippen LogP contribution is 2.43. The Bertz CT molecular complexity index is 480. The summed E-state index contributed by atoms with van der Waals surface area (Å²) in [6.07, 6.45) is 6.42. The molecule has 1 aromatic rings. The van der Waals surface area contributed by atoms with E-state index in [1.165, 1.54) is 32.1 Å². The molecule has 3 nitrogen and oxygen atoms in total. The lowest BCUT2D eigenvalue weighted by Crippen LogP contribution is -2.44. The summed E-state index contributed by atoms with van der Waals surface area (Å²) in [5.41, 5.74) is 4.54. The van der Waals surface area contributed by atoms with Gasteiger partial charge in [-0.3, -0.25) is 5.01 Å². The molecule has 5 heteroatoms. The van der Waals surface area contributed by atoms with Crippen LogP contribution >= 0.6 is 23.4 Å². The predicted octanol–water partition coefficient (Wildman–Crippen LogP) is 4.17. The predicted molar refractivity (Wildman–Crippen MR) is 82.9 cm³/mol. The zero-order chi connectivity index (χ0) is 13.3. The summed E-state index contributed by atoms with van der Waals surface area (Å²) in [5.74, 6) is 0. The molecule has 102 valence electrons. The van der Waals surface area contributed by atoms with Crippen LogP contribution in [-0.4, -0.2) is 22.1 Å². The van der Waals surface area contributed by atoms with Crippen LogP contribution in [0.1, 0.15) is 32.1 Å². The van der Waals surface area contributed by atoms with Crippen molar-refractivity contribution in [2.45, 2.75) is 37.0 Å². The Morgan fingerprint density at radius 1 is 1.21 bits per heavy atom. The number of hydrazine groups is 1. The molecule has 1 saturated heterocycles. The van der Waals surface area contributed by atoms with Gasteiger partial charge in [-0.05, 0) is 37.1 Å². The van der Waals surface area contributed by atoms with Crippen LogP contribution in [0, 0.1) is 0 Å². The molecular formula is C14H18ClN3S. The maximum atomic E-state index is 5.90. The standard InChI is InChI=1S/C14H18ClN3S/c1-18-13(16-12-7-5-11(15)6-8-12)19-14(17-18)9-3-2-4-10-14/h5-8,17H,2-4,9-10H2,1H3. The van der Waals surface area contributed by atoms with E-state index in [1.807, 2.05) is 43.1 Å². The van der Waals surface area contributed by atoms with Crippen LogP contribution in [0.25, 0.3) is 0 Å². The molecule has 2 aliphatic rings. The van der Waals surface area contributed by atoms with Gasteiger partial charge in [0, 0.05) is 12.1 Å². The third kappa shape index (κ3) is 2.91. The monoisotopic (exact) mass is 295 g/mol. The van der Waals surface area contributed by atoms with Gasteiger partial charge in [0.2, 0.25) is 0 Å². The topological polar surface area (TPSA) is 27.6 Å². The van der Waals surface area contributed by atoms with E-state index in [0.717, 1.165) is 15.9 Å².